The lowest BCUT2D eigenvalue weighted by Crippen LogP contribution is -2.52. The number of fused-ring (bicyclic) bond motifs is 3. The molecule has 0 saturated heterocycles. The van der Waals surface area contributed by atoms with Crippen LogP contribution in [-0.2, 0) is 14.3 Å². The maximum absolute atomic E-state index is 13.1. The Morgan fingerprint density at radius 3 is 2.03 bits per heavy atom. The Bertz CT molecular complexity index is 1010. The van der Waals surface area contributed by atoms with E-state index in [2.05, 4.69) is 29.6 Å². The molecule has 2 unspecified atom stereocenters. The smallest absolute Gasteiger partial charge is 0.407 e. The van der Waals surface area contributed by atoms with Gasteiger partial charge >= 0.3 is 12.1 Å². The third kappa shape index (κ3) is 5.58. The topological polar surface area (TPSA) is 95.9 Å². The number of hydrogen-bond acceptors (Lipinski definition) is 4. The van der Waals surface area contributed by atoms with Gasteiger partial charge < -0.3 is 20.1 Å². The van der Waals surface area contributed by atoms with Crippen molar-refractivity contribution in [2.75, 3.05) is 13.2 Å². The second-order valence-corrected chi connectivity index (χ2v) is 9.85. The first-order chi connectivity index (χ1) is 16.0. The highest BCUT2D eigenvalue weighted by atomic mass is 16.5. The molecule has 2 atom stereocenters. The quantitative estimate of drug-likeness (QED) is 0.590. The maximum Gasteiger partial charge on any atom is 0.407 e. The number of alkyl carbamates (subject to hydrolysis) is 1. The standard InChI is InChI=1S/C27H34N2O5/c1-17(25(32)29(27(3,4)5)15-14-24(30)31)18(2)28-26(33)34-16-23-21-12-8-6-10-19(21)20-11-7-9-13-22(20)23/h6-13,17-18,23H,14-16H2,1-5H3,(H,28,33)(H,30,31). The van der Waals surface area contributed by atoms with Gasteiger partial charge in [0.15, 0.2) is 0 Å². The van der Waals surface area contributed by atoms with Gasteiger partial charge in [-0.2, -0.15) is 0 Å². The molecule has 0 fully saturated rings. The number of amides is 2. The highest BCUT2D eigenvalue weighted by Gasteiger charge is 2.33. The van der Waals surface area contributed by atoms with Crippen LogP contribution >= 0.6 is 0 Å². The lowest BCUT2D eigenvalue weighted by atomic mass is 9.97. The number of aliphatic carboxylic acids is 1. The Labute approximate surface area is 201 Å². The van der Waals surface area contributed by atoms with Crippen LogP contribution in [0.25, 0.3) is 11.1 Å². The van der Waals surface area contributed by atoms with Crippen molar-refractivity contribution in [1.82, 2.24) is 10.2 Å². The summed E-state index contributed by atoms with van der Waals surface area (Å²) in [6, 6.07) is 15.8. The summed E-state index contributed by atoms with van der Waals surface area (Å²) in [5, 5.41) is 11.8. The van der Waals surface area contributed by atoms with Crippen molar-refractivity contribution in [3.8, 4) is 11.1 Å². The lowest BCUT2D eigenvalue weighted by Gasteiger charge is -2.38. The van der Waals surface area contributed by atoms with Crippen molar-refractivity contribution in [3.63, 3.8) is 0 Å². The highest BCUT2D eigenvalue weighted by Crippen LogP contribution is 2.44. The molecule has 7 nitrogen and oxygen atoms in total. The molecule has 0 bridgehead atoms. The molecule has 1 aliphatic carbocycles. The number of rotatable bonds is 8. The van der Waals surface area contributed by atoms with Crippen LogP contribution in [0.2, 0.25) is 0 Å². The van der Waals surface area contributed by atoms with E-state index in [-0.39, 0.29) is 31.4 Å². The summed E-state index contributed by atoms with van der Waals surface area (Å²) >= 11 is 0. The van der Waals surface area contributed by atoms with Gasteiger partial charge in [0, 0.05) is 24.0 Å². The van der Waals surface area contributed by atoms with Crippen LogP contribution < -0.4 is 5.32 Å². The summed E-state index contributed by atoms with van der Waals surface area (Å²) in [5.74, 6) is -1.76. The van der Waals surface area contributed by atoms with Crippen LogP contribution in [-0.4, -0.2) is 52.7 Å². The van der Waals surface area contributed by atoms with E-state index in [1.54, 1.807) is 18.7 Å². The summed E-state index contributed by atoms with van der Waals surface area (Å²) in [6.45, 7) is 9.38. The fourth-order valence-corrected chi connectivity index (χ4v) is 4.39. The van der Waals surface area contributed by atoms with Crippen molar-refractivity contribution in [1.29, 1.82) is 0 Å². The number of nitrogens with zero attached hydrogens (tertiary/aromatic N) is 1. The minimum Gasteiger partial charge on any atom is -0.481 e. The average molecular weight is 467 g/mol. The SMILES string of the molecule is CC(NC(=O)OCC1c2ccccc2-c2ccccc21)C(C)C(=O)N(CCC(=O)O)C(C)(C)C. The van der Waals surface area contributed by atoms with Crippen molar-refractivity contribution in [3.05, 3.63) is 59.7 Å². The molecule has 3 rings (SSSR count). The number of ether oxygens (including phenoxy) is 1. The van der Waals surface area contributed by atoms with E-state index in [1.165, 1.54) is 0 Å². The van der Waals surface area contributed by atoms with Gasteiger partial charge in [0.1, 0.15) is 6.61 Å². The molecule has 7 heteroatoms. The largest absolute Gasteiger partial charge is 0.481 e. The van der Waals surface area contributed by atoms with Crippen molar-refractivity contribution < 1.29 is 24.2 Å². The second-order valence-electron chi connectivity index (χ2n) is 9.85. The first-order valence-electron chi connectivity index (χ1n) is 11.7. The molecule has 0 aromatic heterocycles. The number of nitrogens with one attached hydrogen (secondary N) is 1. The van der Waals surface area contributed by atoms with Gasteiger partial charge in [-0.05, 0) is 49.9 Å². The molecule has 2 aromatic rings. The van der Waals surface area contributed by atoms with Crippen LogP contribution in [0, 0.1) is 5.92 Å². The molecular formula is C27H34N2O5. The molecule has 0 heterocycles. The molecule has 0 radical (unpaired) electrons. The number of carbonyl (C=O) groups excluding carboxylic acids is 2. The Balaban J connectivity index is 1.61. The summed E-state index contributed by atoms with van der Waals surface area (Å²) < 4.78 is 5.59. The van der Waals surface area contributed by atoms with Gasteiger partial charge in [0.25, 0.3) is 0 Å². The Kier molecular flexibility index (Phi) is 7.64. The van der Waals surface area contributed by atoms with E-state index in [4.69, 9.17) is 9.84 Å². The van der Waals surface area contributed by atoms with E-state index in [0.717, 1.165) is 22.3 Å². The zero-order valence-electron chi connectivity index (χ0n) is 20.5. The Hall–Kier alpha value is -3.35. The third-order valence-corrected chi connectivity index (χ3v) is 6.45. The van der Waals surface area contributed by atoms with Crippen molar-refractivity contribution in [2.45, 2.75) is 58.5 Å². The molecular weight excluding hydrogens is 432 g/mol. The monoisotopic (exact) mass is 466 g/mol. The molecule has 0 spiro atoms. The number of carboxylic acid groups (broad SMARTS) is 1. The first kappa shape index (κ1) is 25.3. The minimum absolute atomic E-state index is 0.0417. The molecule has 182 valence electrons. The van der Waals surface area contributed by atoms with Gasteiger partial charge in [0.05, 0.1) is 12.3 Å². The van der Waals surface area contributed by atoms with E-state index in [0.29, 0.717) is 0 Å². The molecule has 2 aromatic carbocycles. The van der Waals surface area contributed by atoms with Crippen LogP contribution in [0.15, 0.2) is 48.5 Å². The molecule has 0 saturated carbocycles. The van der Waals surface area contributed by atoms with Gasteiger partial charge in [-0.25, -0.2) is 4.79 Å². The van der Waals surface area contributed by atoms with E-state index < -0.39 is 29.6 Å². The summed E-state index contributed by atoms with van der Waals surface area (Å²) in [5.41, 5.74) is 4.04. The van der Waals surface area contributed by atoms with E-state index in [1.807, 2.05) is 45.0 Å². The summed E-state index contributed by atoms with van der Waals surface area (Å²) in [7, 11) is 0. The number of carboxylic acids is 1. The predicted octanol–water partition coefficient (Wildman–Crippen LogP) is 4.65. The van der Waals surface area contributed by atoms with Crippen LogP contribution in [0.4, 0.5) is 4.79 Å². The molecule has 0 aliphatic heterocycles. The number of carbonyl (C=O) groups is 3. The highest BCUT2D eigenvalue weighted by molar-refractivity contribution is 5.82. The van der Waals surface area contributed by atoms with Gasteiger partial charge in [-0.1, -0.05) is 55.5 Å². The Morgan fingerprint density at radius 2 is 1.53 bits per heavy atom. The first-order valence-corrected chi connectivity index (χ1v) is 11.7. The normalized spacial score (nSPS) is 14.5. The molecule has 1 aliphatic rings. The molecule has 34 heavy (non-hydrogen) atoms. The van der Waals surface area contributed by atoms with Crippen molar-refractivity contribution >= 4 is 18.0 Å². The Morgan fingerprint density at radius 1 is 1.00 bits per heavy atom. The van der Waals surface area contributed by atoms with E-state index >= 15 is 0 Å². The second kappa shape index (κ2) is 10.3. The minimum atomic E-state index is -0.959. The van der Waals surface area contributed by atoms with Crippen LogP contribution in [0.5, 0.6) is 0 Å². The van der Waals surface area contributed by atoms with Crippen LogP contribution in [0.3, 0.4) is 0 Å². The summed E-state index contributed by atoms with van der Waals surface area (Å²) in [6.07, 6.45) is -0.717. The van der Waals surface area contributed by atoms with E-state index in [9.17, 15) is 14.4 Å². The average Bonchev–Trinajstić information content (AvgIpc) is 3.09. The van der Waals surface area contributed by atoms with Gasteiger partial charge in [-0.15, -0.1) is 0 Å². The molecule has 2 amide bonds. The lowest BCUT2D eigenvalue weighted by molar-refractivity contribution is -0.143. The predicted molar refractivity (Wildman–Crippen MR) is 131 cm³/mol. The number of hydrogen-bond donors (Lipinski definition) is 2. The fraction of sp³-hybridized carbons (Fsp3) is 0.444. The van der Waals surface area contributed by atoms with Gasteiger partial charge in [-0.3, -0.25) is 9.59 Å². The van der Waals surface area contributed by atoms with Gasteiger partial charge in [0.2, 0.25) is 5.91 Å². The zero-order chi connectivity index (χ0) is 25.0. The summed E-state index contributed by atoms with van der Waals surface area (Å²) in [4.78, 5) is 38.3. The molecule has 2 N–H and O–H groups in total. The fourth-order valence-electron chi connectivity index (χ4n) is 4.39. The number of benzene rings is 2. The zero-order valence-corrected chi connectivity index (χ0v) is 20.5. The van der Waals surface area contributed by atoms with Crippen LogP contribution in [0.1, 0.15) is 58.1 Å². The third-order valence-electron chi connectivity index (χ3n) is 6.45. The maximum atomic E-state index is 13.1. The van der Waals surface area contributed by atoms with Crippen molar-refractivity contribution in [2.24, 2.45) is 5.92 Å².